The fraction of sp³-hybridized carbons (Fsp3) is 0.250. The molecule has 154 valence electrons. The third-order valence-electron chi connectivity index (χ3n) is 5.37. The number of nitrogens with one attached hydrogen (secondary N) is 2. The molecule has 3 aromatic rings. The average Bonchev–Trinajstić information content (AvgIpc) is 2.82. The zero-order valence-corrected chi connectivity index (χ0v) is 17.4. The van der Waals surface area contributed by atoms with E-state index in [0.29, 0.717) is 23.7 Å². The van der Waals surface area contributed by atoms with E-state index >= 15 is 0 Å². The molecule has 0 unspecified atom stereocenters. The molecule has 1 aliphatic heterocycles. The van der Waals surface area contributed by atoms with Gasteiger partial charge in [-0.3, -0.25) is 4.79 Å². The number of anilines is 2. The van der Waals surface area contributed by atoms with Gasteiger partial charge in [-0.2, -0.15) is 0 Å². The fourth-order valence-corrected chi connectivity index (χ4v) is 3.67. The molecule has 1 aliphatic rings. The Kier molecular flexibility index (Phi) is 5.08. The third-order valence-corrected chi connectivity index (χ3v) is 5.37. The zero-order valence-electron chi connectivity index (χ0n) is 17.4. The maximum Gasteiger partial charge on any atom is 0.319 e. The highest BCUT2D eigenvalue weighted by atomic mass is 16.5. The number of fused-ring (bicyclic) bond motifs is 2. The van der Waals surface area contributed by atoms with E-state index in [1.54, 1.807) is 30.1 Å². The van der Waals surface area contributed by atoms with Gasteiger partial charge in [0, 0.05) is 25.3 Å². The van der Waals surface area contributed by atoms with Crippen molar-refractivity contribution in [1.82, 2.24) is 5.32 Å². The average molecular weight is 403 g/mol. The third kappa shape index (κ3) is 3.81. The first kappa shape index (κ1) is 19.8. The summed E-state index contributed by atoms with van der Waals surface area (Å²) in [6, 6.07) is 19.1. The van der Waals surface area contributed by atoms with Gasteiger partial charge < -0.3 is 20.3 Å². The Hall–Kier alpha value is -3.54. The number of carbonyl (C=O) groups is 2. The second-order valence-corrected chi connectivity index (χ2v) is 8.17. The number of hydrogen-bond donors (Lipinski definition) is 2. The van der Waals surface area contributed by atoms with E-state index in [2.05, 4.69) is 22.8 Å². The van der Waals surface area contributed by atoms with Crippen LogP contribution in [0.25, 0.3) is 10.8 Å². The Labute approximate surface area is 175 Å². The minimum atomic E-state index is -0.614. The number of rotatable bonds is 3. The lowest BCUT2D eigenvalue weighted by atomic mass is 9.93. The van der Waals surface area contributed by atoms with E-state index in [4.69, 9.17) is 4.74 Å². The highest BCUT2D eigenvalue weighted by Crippen LogP contribution is 2.37. The van der Waals surface area contributed by atoms with Crippen LogP contribution in [0.5, 0.6) is 5.75 Å². The van der Waals surface area contributed by atoms with Gasteiger partial charge >= 0.3 is 6.03 Å². The van der Waals surface area contributed by atoms with Crippen molar-refractivity contribution in [3.8, 4) is 5.75 Å². The van der Waals surface area contributed by atoms with Crippen LogP contribution in [0.3, 0.4) is 0 Å². The molecule has 6 heteroatoms. The summed E-state index contributed by atoms with van der Waals surface area (Å²) in [5, 5.41) is 8.01. The summed E-state index contributed by atoms with van der Waals surface area (Å²) in [5.74, 6) is 0.568. The number of ether oxygens (including phenoxy) is 1. The molecule has 0 saturated carbocycles. The lowest BCUT2D eigenvalue weighted by molar-refractivity contribution is -0.127. The van der Waals surface area contributed by atoms with Crippen molar-refractivity contribution in [3.05, 3.63) is 66.2 Å². The summed E-state index contributed by atoms with van der Waals surface area (Å²) >= 11 is 0. The van der Waals surface area contributed by atoms with E-state index in [9.17, 15) is 9.59 Å². The summed E-state index contributed by atoms with van der Waals surface area (Å²) in [6.07, 6.45) is 0. The van der Waals surface area contributed by atoms with Crippen LogP contribution in [-0.2, 0) is 11.3 Å². The predicted octanol–water partition coefficient (Wildman–Crippen LogP) is 4.54. The van der Waals surface area contributed by atoms with Crippen LogP contribution in [0.15, 0.2) is 60.7 Å². The van der Waals surface area contributed by atoms with E-state index < -0.39 is 5.41 Å². The van der Waals surface area contributed by atoms with Gasteiger partial charge in [0.25, 0.3) is 0 Å². The smallest absolute Gasteiger partial charge is 0.319 e. The maximum absolute atomic E-state index is 12.6. The molecule has 4 rings (SSSR count). The number of nitrogens with zero attached hydrogens (tertiary/aromatic N) is 1. The van der Waals surface area contributed by atoms with E-state index in [1.165, 1.54) is 0 Å². The molecule has 0 bridgehead atoms. The van der Waals surface area contributed by atoms with E-state index in [-0.39, 0.29) is 18.5 Å². The van der Waals surface area contributed by atoms with Crippen LogP contribution < -0.4 is 20.3 Å². The molecule has 0 spiro atoms. The molecule has 0 atom stereocenters. The molecular formula is C24H25N3O3. The molecule has 1 heterocycles. The standard InChI is InChI=1S/C24H25N3O3/c1-24(2)15-30-21-13-18(11-12-20(21)27(3)22(24)28)26-23(29)25-14-17-9-6-8-16-7-4-5-10-19(16)17/h4-13H,14-15H2,1-3H3,(H2,25,26,29). The molecule has 30 heavy (non-hydrogen) atoms. The zero-order chi connectivity index (χ0) is 21.3. The van der Waals surface area contributed by atoms with Gasteiger partial charge in [0.1, 0.15) is 12.4 Å². The molecule has 3 amide bonds. The van der Waals surface area contributed by atoms with Crippen molar-refractivity contribution in [2.75, 3.05) is 23.9 Å². The first-order valence-electron chi connectivity index (χ1n) is 9.92. The van der Waals surface area contributed by atoms with Crippen LogP contribution in [0.1, 0.15) is 19.4 Å². The minimum absolute atomic E-state index is 0.00482. The Morgan fingerprint density at radius 2 is 1.87 bits per heavy atom. The Morgan fingerprint density at radius 3 is 2.70 bits per heavy atom. The lowest BCUT2D eigenvalue weighted by Gasteiger charge is -2.24. The first-order valence-corrected chi connectivity index (χ1v) is 9.92. The quantitative estimate of drug-likeness (QED) is 0.674. The molecule has 0 fully saturated rings. The van der Waals surface area contributed by atoms with Crippen LogP contribution in [0.4, 0.5) is 16.2 Å². The predicted molar refractivity (Wildman–Crippen MR) is 119 cm³/mol. The minimum Gasteiger partial charge on any atom is -0.490 e. The summed E-state index contributed by atoms with van der Waals surface area (Å²) in [7, 11) is 1.74. The molecule has 0 aromatic heterocycles. The van der Waals surface area contributed by atoms with Crippen LogP contribution >= 0.6 is 0 Å². The van der Waals surface area contributed by atoms with Crippen molar-refractivity contribution >= 4 is 34.1 Å². The number of hydrogen-bond acceptors (Lipinski definition) is 3. The van der Waals surface area contributed by atoms with Crippen molar-refractivity contribution in [1.29, 1.82) is 0 Å². The molecule has 2 N–H and O–H groups in total. The molecule has 0 radical (unpaired) electrons. The van der Waals surface area contributed by atoms with Crippen LogP contribution in [-0.4, -0.2) is 25.6 Å². The summed E-state index contributed by atoms with van der Waals surface area (Å²) in [5.41, 5.74) is 1.73. The summed E-state index contributed by atoms with van der Waals surface area (Å²) in [6.45, 7) is 4.41. The van der Waals surface area contributed by atoms with Gasteiger partial charge in [0.15, 0.2) is 0 Å². The van der Waals surface area contributed by atoms with Gasteiger partial charge in [0.2, 0.25) is 5.91 Å². The van der Waals surface area contributed by atoms with Gasteiger partial charge in [0.05, 0.1) is 11.1 Å². The SMILES string of the molecule is CN1C(=O)C(C)(C)COc2cc(NC(=O)NCc3cccc4ccccc34)ccc21. The van der Waals surface area contributed by atoms with Crippen molar-refractivity contribution in [2.24, 2.45) is 5.41 Å². The van der Waals surface area contributed by atoms with Crippen molar-refractivity contribution < 1.29 is 14.3 Å². The van der Waals surface area contributed by atoms with Crippen LogP contribution in [0.2, 0.25) is 0 Å². The van der Waals surface area contributed by atoms with Crippen molar-refractivity contribution in [3.63, 3.8) is 0 Å². The largest absolute Gasteiger partial charge is 0.490 e. The number of carbonyl (C=O) groups excluding carboxylic acids is 2. The van der Waals surface area contributed by atoms with Crippen molar-refractivity contribution in [2.45, 2.75) is 20.4 Å². The van der Waals surface area contributed by atoms with Gasteiger partial charge in [-0.15, -0.1) is 0 Å². The van der Waals surface area contributed by atoms with Gasteiger partial charge in [-0.25, -0.2) is 4.79 Å². The first-order chi connectivity index (χ1) is 14.3. The monoisotopic (exact) mass is 403 g/mol. The lowest BCUT2D eigenvalue weighted by Crippen LogP contribution is -2.39. The molecule has 0 aliphatic carbocycles. The topological polar surface area (TPSA) is 70.7 Å². The van der Waals surface area contributed by atoms with Gasteiger partial charge in [-0.1, -0.05) is 42.5 Å². The Bertz CT molecular complexity index is 1120. The molecule has 0 saturated heterocycles. The van der Waals surface area contributed by atoms with Gasteiger partial charge in [-0.05, 0) is 42.3 Å². The highest BCUT2D eigenvalue weighted by Gasteiger charge is 2.36. The fourth-order valence-electron chi connectivity index (χ4n) is 3.67. The highest BCUT2D eigenvalue weighted by molar-refractivity contribution is 5.99. The van der Waals surface area contributed by atoms with E-state index in [1.807, 2.05) is 44.2 Å². The molecule has 3 aromatic carbocycles. The Morgan fingerprint density at radius 1 is 1.10 bits per heavy atom. The second-order valence-electron chi connectivity index (χ2n) is 8.17. The Balaban J connectivity index is 1.46. The second kappa shape index (κ2) is 7.71. The number of amides is 3. The number of urea groups is 1. The summed E-state index contributed by atoms with van der Waals surface area (Å²) in [4.78, 5) is 26.6. The number of benzene rings is 3. The molecule has 6 nitrogen and oxygen atoms in total. The summed E-state index contributed by atoms with van der Waals surface area (Å²) < 4.78 is 5.87. The van der Waals surface area contributed by atoms with E-state index in [0.717, 1.165) is 16.3 Å². The van der Waals surface area contributed by atoms with Crippen LogP contribution in [0, 0.1) is 5.41 Å². The molecular weight excluding hydrogens is 378 g/mol. The normalized spacial score (nSPS) is 15.2. The maximum atomic E-state index is 12.6.